The van der Waals surface area contributed by atoms with E-state index >= 15 is 0 Å². The van der Waals surface area contributed by atoms with Crippen molar-refractivity contribution < 1.29 is 14.3 Å². The summed E-state index contributed by atoms with van der Waals surface area (Å²) in [6, 6.07) is 5.82. The molecule has 2 aliphatic rings. The summed E-state index contributed by atoms with van der Waals surface area (Å²) in [5.74, 6) is 2.32. The fourth-order valence-corrected chi connectivity index (χ4v) is 2.80. The summed E-state index contributed by atoms with van der Waals surface area (Å²) in [7, 11) is 3.34. The average molecular weight is 290 g/mol. The van der Waals surface area contributed by atoms with Crippen molar-refractivity contribution in [3.05, 3.63) is 18.2 Å². The maximum Gasteiger partial charge on any atom is 0.225 e. The van der Waals surface area contributed by atoms with E-state index < -0.39 is 0 Å². The lowest BCUT2D eigenvalue weighted by atomic mass is 10.2. The van der Waals surface area contributed by atoms with E-state index in [4.69, 9.17) is 9.47 Å². The maximum atomic E-state index is 12.1. The summed E-state index contributed by atoms with van der Waals surface area (Å²) in [4.78, 5) is 16.4. The molecule has 3 rings (SSSR count). The van der Waals surface area contributed by atoms with Gasteiger partial charge in [-0.3, -0.25) is 4.79 Å². The number of nitrogens with zero attached hydrogens (tertiary/aromatic N) is 2. The van der Waals surface area contributed by atoms with Crippen LogP contribution in [0.2, 0.25) is 0 Å². The van der Waals surface area contributed by atoms with Crippen molar-refractivity contribution in [1.82, 2.24) is 4.90 Å². The van der Waals surface area contributed by atoms with Gasteiger partial charge in [-0.1, -0.05) is 0 Å². The Hall–Kier alpha value is -1.91. The molecule has 0 N–H and O–H groups in total. The van der Waals surface area contributed by atoms with Crippen LogP contribution in [0, 0.1) is 5.92 Å². The number of hydrogen-bond acceptors (Lipinski definition) is 4. The second-order valence-electron chi connectivity index (χ2n) is 5.62. The molecule has 1 heterocycles. The number of amides is 1. The highest BCUT2D eigenvalue weighted by molar-refractivity contribution is 5.81. The number of rotatable bonds is 4. The second kappa shape index (κ2) is 5.84. The van der Waals surface area contributed by atoms with Crippen LogP contribution in [0.3, 0.4) is 0 Å². The van der Waals surface area contributed by atoms with Crippen molar-refractivity contribution in [1.29, 1.82) is 0 Å². The monoisotopic (exact) mass is 290 g/mol. The zero-order valence-electron chi connectivity index (χ0n) is 12.7. The van der Waals surface area contributed by atoms with E-state index in [-0.39, 0.29) is 0 Å². The minimum atomic E-state index is 0.308. The highest BCUT2D eigenvalue weighted by Gasteiger charge is 2.34. The van der Waals surface area contributed by atoms with Gasteiger partial charge in [0.1, 0.15) is 11.5 Å². The molecule has 114 valence electrons. The van der Waals surface area contributed by atoms with Crippen LogP contribution < -0.4 is 14.4 Å². The molecule has 1 saturated carbocycles. The molecule has 0 aromatic heterocycles. The molecule has 1 aromatic carbocycles. The molecule has 0 unspecified atom stereocenters. The average Bonchev–Trinajstić information content (AvgIpc) is 3.38. The predicted molar refractivity (Wildman–Crippen MR) is 81.1 cm³/mol. The molecule has 1 aliphatic carbocycles. The van der Waals surface area contributed by atoms with Gasteiger partial charge in [-0.15, -0.1) is 0 Å². The minimum absolute atomic E-state index is 0.308. The van der Waals surface area contributed by atoms with Crippen LogP contribution in [0.25, 0.3) is 0 Å². The van der Waals surface area contributed by atoms with Crippen molar-refractivity contribution in [2.24, 2.45) is 5.92 Å². The first kappa shape index (κ1) is 14.0. The number of methoxy groups -OCH3 is 2. The zero-order chi connectivity index (χ0) is 14.8. The van der Waals surface area contributed by atoms with Gasteiger partial charge >= 0.3 is 0 Å². The third kappa shape index (κ3) is 2.91. The lowest BCUT2D eigenvalue weighted by molar-refractivity contribution is -0.132. The number of carbonyl (C=O) groups excluding carboxylic acids is 1. The Bertz CT molecular complexity index is 520. The molecule has 5 heteroatoms. The SMILES string of the molecule is COc1ccc(OC)c(N2CCN(C(=O)C3CC3)CC2)c1. The van der Waals surface area contributed by atoms with E-state index in [1.165, 1.54) is 0 Å². The fourth-order valence-electron chi connectivity index (χ4n) is 2.80. The van der Waals surface area contributed by atoms with Gasteiger partial charge < -0.3 is 19.3 Å². The van der Waals surface area contributed by atoms with E-state index in [9.17, 15) is 4.79 Å². The third-order valence-corrected chi connectivity index (χ3v) is 4.24. The lowest BCUT2D eigenvalue weighted by Crippen LogP contribution is -2.49. The fraction of sp³-hybridized carbons (Fsp3) is 0.562. The van der Waals surface area contributed by atoms with Crippen molar-refractivity contribution in [2.75, 3.05) is 45.3 Å². The number of piperazine rings is 1. The Morgan fingerprint density at radius 2 is 1.81 bits per heavy atom. The van der Waals surface area contributed by atoms with Gasteiger partial charge in [-0.2, -0.15) is 0 Å². The summed E-state index contributed by atoms with van der Waals surface area (Å²) in [6.07, 6.45) is 2.14. The molecule has 0 atom stereocenters. The Kier molecular flexibility index (Phi) is 3.90. The Morgan fingerprint density at radius 3 is 2.38 bits per heavy atom. The minimum Gasteiger partial charge on any atom is -0.497 e. The molecule has 0 spiro atoms. The van der Waals surface area contributed by atoms with Gasteiger partial charge in [-0.25, -0.2) is 0 Å². The lowest BCUT2D eigenvalue weighted by Gasteiger charge is -2.36. The normalized spacial score (nSPS) is 18.6. The van der Waals surface area contributed by atoms with E-state index in [1.54, 1.807) is 14.2 Å². The Balaban J connectivity index is 1.69. The molecular formula is C16H22N2O3. The van der Waals surface area contributed by atoms with Gasteiger partial charge in [0.2, 0.25) is 5.91 Å². The van der Waals surface area contributed by atoms with Crippen LogP contribution >= 0.6 is 0 Å². The van der Waals surface area contributed by atoms with E-state index in [1.807, 2.05) is 23.1 Å². The number of carbonyl (C=O) groups is 1. The van der Waals surface area contributed by atoms with Crippen molar-refractivity contribution in [3.8, 4) is 11.5 Å². The molecule has 5 nitrogen and oxygen atoms in total. The molecule has 0 bridgehead atoms. The van der Waals surface area contributed by atoms with Gasteiger partial charge in [0.15, 0.2) is 0 Å². The summed E-state index contributed by atoms with van der Waals surface area (Å²) in [6.45, 7) is 3.25. The number of ether oxygens (including phenoxy) is 2. The summed E-state index contributed by atoms with van der Waals surface area (Å²) >= 11 is 0. The van der Waals surface area contributed by atoms with Crippen LogP contribution in [-0.2, 0) is 4.79 Å². The molecule has 0 radical (unpaired) electrons. The summed E-state index contributed by atoms with van der Waals surface area (Å²) in [5, 5.41) is 0. The van der Waals surface area contributed by atoms with Gasteiger partial charge in [0, 0.05) is 38.2 Å². The Morgan fingerprint density at radius 1 is 1.10 bits per heavy atom. The molecule has 21 heavy (non-hydrogen) atoms. The number of benzene rings is 1. The van der Waals surface area contributed by atoms with E-state index in [2.05, 4.69) is 4.90 Å². The standard InChI is InChI=1S/C16H22N2O3/c1-20-13-5-6-15(21-2)14(11-13)17-7-9-18(10-8-17)16(19)12-3-4-12/h5-6,11-12H,3-4,7-10H2,1-2H3. The summed E-state index contributed by atoms with van der Waals surface area (Å²) in [5.41, 5.74) is 1.04. The first-order chi connectivity index (χ1) is 10.2. The Labute approximate surface area is 125 Å². The molecular weight excluding hydrogens is 268 g/mol. The van der Waals surface area contributed by atoms with Crippen LogP contribution in [0.1, 0.15) is 12.8 Å². The first-order valence-electron chi connectivity index (χ1n) is 7.48. The van der Waals surface area contributed by atoms with Crippen LogP contribution in [0.5, 0.6) is 11.5 Å². The maximum absolute atomic E-state index is 12.1. The highest BCUT2D eigenvalue weighted by Crippen LogP contribution is 2.34. The summed E-state index contributed by atoms with van der Waals surface area (Å²) < 4.78 is 10.7. The third-order valence-electron chi connectivity index (χ3n) is 4.24. The first-order valence-corrected chi connectivity index (χ1v) is 7.48. The molecule has 1 saturated heterocycles. The van der Waals surface area contributed by atoms with Crippen molar-refractivity contribution in [2.45, 2.75) is 12.8 Å². The van der Waals surface area contributed by atoms with Crippen LogP contribution in [0.4, 0.5) is 5.69 Å². The highest BCUT2D eigenvalue weighted by atomic mass is 16.5. The predicted octanol–water partition coefficient (Wildman–Crippen LogP) is 1.76. The van der Waals surface area contributed by atoms with Crippen LogP contribution in [-0.4, -0.2) is 51.2 Å². The van der Waals surface area contributed by atoms with Gasteiger partial charge in [0.25, 0.3) is 0 Å². The van der Waals surface area contributed by atoms with Crippen molar-refractivity contribution in [3.63, 3.8) is 0 Å². The number of hydrogen-bond donors (Lipinski definition) is 0. The molecule has 1 aliphatic heterocycles. The van der Waals surface area contributed by atoms with Crippen molar-refractivity contribution >= 4 is 11.6 Å². The quantitative estimate of drug-likeness (QED) is 0.847. The zero-order valence-corrected chi connectivity index (χ0v) is 12.7. The van der Waals surface area contributed by atoms with Gasteiger partial charge in [-0.05, 0) is 25.0 Å². The largest absolute Gasteiger partial charge is 0.497 e. The molecule has 1 amide bonds. The number of anilines is 1. The van der Waals surface area contributed by atoms with Gasteiger partial charge in [0.05, 0.1) is 19.9 Å². The molecule has 2 fully saturated rings. The van der Waals surface area contributed by atoms with E-state index in [0.717, 1.165) is 56.2 Å². The van der Waals surface area contributed by atoms with Crippen LogP contribution in [0.15, 0.2) is 18.2 Å². The topological polar surface area (TPSA) is 42.0 Å². The molecule has 1 aromatic rings. The second-order valence-corrected chi connectivity index (χ2v) is 5.62. The van der Waals surface area contributed by atoms with E-state index in [0.29, 0.717) is 11.8 Å². The smallest absolute Gasteiger partial charge is 0.225 e.